The van der Waals surface area contributed by atoms with E-state index >= 15 is 0 Å². The molecule has 1 aromatic rings. The molecule has 2 heteroatoms. The van der Waals surface area contributed by atoms with Gasteiger partial charge in [-0.1, -0.05) is 31.1 Å². The first-order valence-electron chi connectivity index (χ1n) is 6.48. The second-order valence-corrected chi connectivity index (χ2v) is 4.68. The van der Waals surface area contributed by atoms with E-state index < -0.39 is 0 Å². The fourth-order valence-corrected chi connectivity index (χ4v) is 2.32. The van der Waals surface area contributed by atoms with Gasteiger partial charge in [0.2, 0.25) is 0 Å². The molecule has 2 nitrogen and oxygen atoms in total. The molecule has 2 rings (SSSR count). The summed E-state index contributed by atoms with van der Waals surface area (Å²) < 4.78 is 5.27. The van der Waals surface area contributed by atoms with Crippen LogP contribution in [0.1, 0.15) is 48.0 Å². The molecule has 1 aromatic carbocycles. The number of benzene rings is 1. The number of ether oxygens (including phenoxy) is 1. The quantitative estimate of drug-likeness (QED) is 0.586. The van der Waals surface area contributed by atoms with Gasteiger partial charge in [-0.3, -0.25) is 4.79 Å². The molecule has 1 saturated carbocycles. The number of carbonyl (C=O) groups is 1. The molecule has 1 fully saturated rings. The summed E-state index contributed by atoms with van der Waals surface area (Å²) in [6, 6.07) is 5.34. The Kier molecular flexibility index (Phi) is 4.41. The molecule has 0 atom stereocenters. The normalized spacial score (nSPS) is 15.6. The third-order valence-electron chi connectivity index (χ3n) is 3.38. The van der Waals surface area contributed by atoms with Crippen molar-refractivity contribution in [3.8, 4) is 17.6 Å². The van der Waals surface area contributed by atoms with Crippen LogP contribution in [0.15, 0.2) is 18.2 Å². The Morgan fingerprint density at radius 1 is 1.28 bits per heavy atom. The number of hydrogen-bond acceptors (Lipinski definition) is 2. The summed E-state index contributed by atoms with van der Waals surface area (Å²) >= 11 is 0. The molecule has 0 radical (unpaired) electrons. The Hall–Kier alpha value is -1.75. The van der Waals surface area contributed by atoms with E-state index in [9.17, 15) is 4.79 Å². The fraction of sp³-hybridized carbons (Fsp3) is 0.438. The second-order valence-electron chi connectivity index (χ2n) is 4.68. The van der Waals surface area contributed by atoms with Crippen molar-refractivity contribution in [3.63, 3.8) is 0 Å². The summed E-state index contributed by atoms with van der Waals surface area (Å²) in [4.78, 5) is 10.8. The van der Waals surface area contributed by atoms with Crippen molar-refractivity contribution in [1.29, 1.82) is 0 Å². The number of hydrogen-bond donors (Lipinski definition) is 0. The zero-order valence-corrected chi connectivity index (χ0v) is 10.7. The number of carbonyl (C=O) groups excluding carboxylic acids is 1. The lowest BCUT2D eigenvalue weighted by Gasteiger charge is -2.15. The first-order valence-corrected chi connectivity index (χ1v) is 6.48. The molecule has 18 heavy (non-hydrogen) atoms. The van der Waals surface area contributed by atoms with Crippen molar-refractivity contribution in [2.45, 2.75) is 32.1 Å². The van der Waals surface area contributed by atoms with Crippen LogP contribution < -0.4 is 4.74 Å². The van der Waals surface area contributed by atoms with Gasteiger partial charge in [-0.25, -0.2) is 0 Å². The highest BCUT2D eigenvalue weighted by atomic mass is 16.5. The first kappa shape index (κ1) is 12.7. The van der Waals surface area contributed by atoms with Crippen molar-refractivity contribution in [2.24, 2.45) is 5.92 Å². The van der Waals surface area contributed by atoms with Crippen LogP contribution in [0.4, 0.5) is 0 Å². The van der Waals surface area contributed by atoms with E-state index in [2.05, 4.69) is 11.8 Å². The topological polar surface area (TPSA) is 26.3 Å². The molecule has 1 aliphatic carbocycles. The maximum Gasteiger partial charge on any atom is 0.150 e. The van der Waals surface area contributed by atoms with E-state index in [1.807, 2.05) is 0 Å². The highest BCUT2D eigenvalue weighted by Crippen LogP contribution is 2.24. The lowest BCUT2D eigenvalue weighted by atomic mass is 9.89. The minimum atomic E-state index is 0.503. The molecular weight excluding hydrogens is 224 g/mol. The van der Waals surface area contributed by atoms with Crippen molar-refractivity contribution in [2.75, 3.05) is 7.11 Å². The van der Waals surface area contributed by atoms with Crippen LogP contribution in [-0.2, 0) is 0 Å². The molecule has 1 aliphatic rings. The van der Waals surface area contributed by atoms with Crippen LogP contribution in [0.2, 0.25) is 0 Å². The summed E-state index contributed by atoms with van der Waals surface area (Å²) in [7, 11) is 1.63. The van der Waals surface area contributed by atoms with Gasteiger partial charge in [0.15, 0.2) is 0 Å². The van der Waals surface area contributed by atoms with Gasteiger partial charge in [-0.15, -0.1) is 0 Å². The Labute approximate surface area is 108 Å². The third-order valence-corrected chi connectivity index (χ3v) is 3.38. The molecule has 0 saturated heterocycles. The van der Waals surface area contributed by atoms with Crippen LogP contribution in [0.3, 0.4) is 0 Å². The zero-order valence-electron chi connectivity index (χ0n) is 10.7. The summed E-state index contributed by atoms with van der Waals surface area (Å²) in [5.74, 6) is 7.74. The number of aldehydes is 1. The Morgan fingerprint density at radius 2 is 2.06 bits per heavy atom. The molecule has 0 unspecified atom stereocenters. The molecule has 0 spiro atoms. The summed E-state index contributed by atoms with van der Waals surface area (Å²) in [6.07, 6.45) is 7.13. The standard InChI is InChI=1S/C16H18O2/c1-18-16-10-8-14(12-17)11-15(16)9-7-13-5-3-2-4-6-13/h8,10-13H,2-6H2,1H3. The SMILES string of the molecule is COc1ccc(C=O)cc1C#CC1CCCCC1. The minimum Gasteiger partial charge on any atom is -0.495 e. The molecule has 0 heterocycles. The largest absolute Gasteiger partial charge is 0.495 e. The smallest absolute Gasteiger partial charge is 0.150 e. The lowest BCUT2D eigenvalue weighted by molar-refractivity contribution is 0.112. The minimum absolute atomic E-state index is 0.503. The predicted octanol–water partition coefficient (Wildman–Crippen LogP) is 3.44. The van der Waals surface area contributed by atoms with Crippen molar-refractivity contribution >= 4 is 6.29 Å². The van der Waals surface area contributed by atoms with Gasteiger partial charge in [0.05, 0.1) is 12.7 Å². The van der Waals surface area contributed by atoms with Gasteiger partial charge in [0.1, 0.15) is 12.0 Å². The highest BCUT2D eigenvalue weighted by molar-refractivity contribution is 5.76. The monoisotopic (exact) mass is 242 g/mol. The summed E-state index contributed by atoms with van der Waals surface area (Å²) in [5.41, 5.74) is 1.46. The lowest BCUT2D eigenvalue weighted by Crippen LogP contribution is -2.03. The van der Waals surface area contributed by atoms with Crippen LogP contribution in [-0.4, -0.2) is 13.4 Å². The van der Waals surface area contributed by atoms with Crippen LogP contribution in [0, 0.1) is 17.8 Å². The average Bonchev–Trinajstić information content (AvgIpc) is 2.45. The Balaban J connectivity index is 2.20. The fourth-order valence-electron chi connectivity index (χ4n) is 2.32. The predicted molar refractivity (Wildman–Crippen MR) is 71.8 cm³/mol. The van der Waals surface area contributed by atoms with Crippen molar-refractivity contribution < 1.29 is 9.53 Å². The van der Waals surface area contributed by atoms with E-state index in [0.29, 0.717) is 11.5 Å². The Morgan fingerprint density at radius 3 is 2.72 bits per heavy atom. The van der Waals surface area contributed by atoms with Crippen molar-refractivity contribution in [3.05, 3.63) is 29.3 Å². The van der Waals surface area contributed by atoms with Gasteiger partial charge in [0.25, 0.3) is 0 Å². The highest BCUT2D eigenvalue weighted by Gasteiger charge is 2.10. The van der Waals surface area contributed by atoms with Crippen LogP contribution >= 0.6 is 0 Å². The molecule has 0 aliphatic heterocycles. The zero-order chi connectivity index (χ0) is 12.8. The van der Waals surface area contributed by atoms with E-state index in [4.69, 9.17) is 4.74 Å². The van der Waals surface area contributed by atoms with E-state index in [1.54, 1.807) is 25.3 Å². The maximum atomic E-state index is 10.8. The van der Waals surface area contributed by atoms with E-state index in [1.165, 1.54) is 32.1 Å². The molecule has 0 bridgehead atoms. The van der Waals surface area contributed by atoms with Gasteiger partial charge in [-0.2, -0.15) is 0 Å². The Bertz CT molecular complexity index is 474. The molecule has 0 aromatic heterocycles. The van der Waals surface area contributed by atoms with Gasteiger partial charge in [0, 0.05) is 11.5 Å². The summed E-state index contributed by atoms with van der Waals surface area (Å²) in [5, 5.41) is 0. The average molecular weight is 242 g/mol. The number of methoxy groups -OCH3 is 1. The summed E-state index contributed by atoms with van der Waals surface area (Å²) in [6.45, 7) is 0. The van der Waals surface area contributed by atoms with Gasteiger partial charge < -0.3 is 4.74 Å². The third kappa shape index (κ3) is 3.13. The van der Waals surface area contributed by atoms with Crippen molar-refractivity contribution in [1.82, 2.24) is 0 Å². The molecule has 0 N–H and O–H groups in total. The number of rotatable bonds is 2. The van der Waals surface area contributed by atoms with E-state index in [-0.39, 0.29) is 0 Å². The van der Waals surface area contributed by atoms with E-state index in [0.717, 1.165) is 17.6 Å². The first-order chi connectivity index (χ1) is 8.83. The molecule has 0 amide bonds. The molecule has 94 valence electrons. The van der Waals surface area contributed by atoms with Crippen LogP contribution in [0.25, 0.3) is 0 Å². The van der Waals surface area contributed by atoms with Gasteiger partial charge >= 0.3 is 0 Å². The maximum absolute atomic E-state index is 10.8. The molecular formula is C16H18O2. The van der Waals surface area contributed by atoms with Gasteiger partial charge in [-0.05, 0) is 31.0 Å². The second kappa shape index (κ2) is 6.26. The van der Waals surface area contributed by atoms with Crippen LogP contribution in [0.5, 0.6) is 5.75 Å².